The van der Waals surface area contributed by atoms with Crippen molar-refractivity contribution in [3.63, 3.8) is 0 Å². The van der Waals surface area contributed by atoms with Crippen LogP contribution in [0.1, 0.15) is 19.8 Å². The molecule has 0 aromatic carbocycles. The van der Waals surface area contributed by atoms with Crippen molar-refractivity contribution in [1.82, 2.24) is 4.90 Å². The van der Waals surface area contributed by atoms with Crippen LogP contribution in [0.25, 0.3) is 0 Å². The van der Waals surface area contributed by atoms with Gasteiger partial charge in [0.15, 0.2) is 0 Å². The third-order valence-electron chi connectivity index (χ3n) is 2.47. The van der Waals surface area contributed by atoms with Crippen LogP contribution in [0, 0.1) is 0 Å². The van der Waals surface area contributed by atoms with Gasteiger partial charge >= 0.3 is 0 Å². The average molecular weight is 218 g/mol. The zero-order chi connectivity index (χ0) is 11.5. The Kier molecular flexibility index (Phi) is 10.3. The quantitative estimate of drug-likeness (QED) is 0.549. The van der Waals surface area contributed by atoms with Gasteiger partial charge in [0.1, 0.15) is 0 Å². The van der Waals surface area contributed by atoms with Gasteiger partial charge in [-0.1, -0.05) is 6.92 Å². The van der Waals surface area contributed by atoms with Gasteiger partial charge in [0.25, 0.3) is 0 Å². The summed E-state index contributed by atoms with van der Waals surface area (Å²) in [5, 5.41) is 0. The van der Waals surface area contributed by atoms with Gasteiger partial charge in [0.2, 0.25) is 0 Å². The first-order valence-electron chi connectivity index (χ1n) is 5.70. The topological polar surface area (TPSA) is 47.7 Å². The van der Waals surface area contributed by atoms with Crippen molar-refractivity contribution in [3.8, 4) is 0 Å². The maximum Gasteiger partial charge on any atom is 0.0589 e. The van der Waals surface area contributed by atoms with E-state index in [0.717, 1.165) is 45.7 Å². The van der Waals surface area contributed by atoms with Crippen molar-refractivity contribution in [2.24, 2.45) is 5.73 Å². The van der Waals surface area contributed by atoms with Gasteiger partial charge in [-0.3, -0.25) is 4.90 Å². The van der Waals surface area contributed by atoms with Gasteiger partial charge < -0.3 is 15.2 Å². The number of nitrogens with two attached hydrogens (primary N) is 1. The van der Waals surface area contributed by atoms with Crippen LogP contribution >= 0.6 is 0 Å². The van der Waals surface area contributed by atoms with Crippen molar-refractivity contribution >= 4 is 0 Å². The molecule has 0 rings (SSSR count). The molecule has 15 heavy (non-hydrogen) atoms. The Labute approximate surface area is 93.7 Å². The highest BCUT2D eigenvalue weighted by molar-refractivity contribution is 4.67. The minimum atomic E-state index is 0.247. The monoisotopic (exact) mass is 218 g/mol. The van der Waals surface area contributed by atoms with Crippen molar-refractivity contribution in [2.75, 3.05) is 47.1 Å². The Morgan fingerprint density at radius 2 is 1.87 bits per heavy atom. The van der Waals surface area contributed by atoms with Gasteiger partial charge in [0, 0.05) is 40.0 Å². The van der Waals surface area contributed by atoms with Crippen molar-refractivity contribution in [1.29, 1.82) is 0 Å². The van der Waals surface area contributed by atoms with Crippen LogP contribution in [0.5, 0.6) is 0 Å². The molecule has 4 nitrogen and oxygen atoms in total. The summed E-state index contributed by atoms with van der Waals surface area (Å²) in [7, 11) is 3.45. The minimum absolute atomic E-state index is 0.247. The van der Waals surface area contributed by atoms with E-state index in [4.69, 9.17) is 15.2 Å². The van der Waals surface area contributed by atoms with E-state index < -0.39 is 0 Å². The normalized spacial score (nSPS) is 13.4. The Hall–Kier alpha value is -0.160. The smallest absolute Gasteiger partial charge is 0.0589 e. The summed E-state index contributed by atoms with van der Waals surface area (Å²) in [6.07, 6.45) is 2.07. The van der Waals surface area contributed by atoms with Crippen LogP contribution < -0.4 is 5.73 Å². The lowest BCUT2D eigenvalue weighted by atomic mass is 10.1. The second-order valence-electron chi connectivity index (χ2n) is 3.78. The highest BCUT2D eigenvalue weighted by Gasteiger charge is 2.08. The summed E-state index contributed by atoms with van der Waals surface area (Å²) < 4.78 is 10.1. The molecule has 0 spiro atoms. The fraction of sp³-hybridized carbons (Fsp3) is 1.00. The fourth-order valence-electron chi connectivity index (χ4n) is 1.51. The molecule has 0 radical (unpaired) electrons. The third kappa shape index (κ3) is 8.81. The number of methoxy groups -OCH3 is 2. The molecule has 1 atom stereocenters. The molecule has 2 N–H and O–H groups in total. The minimum Gasteiger partial charge on any atom is -0.385 e. The Morgan fingerprint density at radius 3 is 2.40 bits per heavy atom. The molecular weight excluding hydrogens is 192 g/mol. The standard InChI is InChI=1S/C11H26N2O2/c1-4-13(7-9-15-3)10-11(12)6-5-8-14-2/h11H,4-10,12H2,1-3H3. The largest absolute Gasteiger partial charge is 0.385 e. The van der Waals surface area contributed by atoms with Crippen molar-refractivity contribution < 1.29 is 9.47 Å². The van der Waals surface area contributed by atoms with E-state index in [1.54, 1.807) is 14.2 Å². The van der Waals surface area contributed by atoms with E-state index in [0.29, 0.717) is 0 Å². The molecule has 4 heteroatoms. The summed E-state index contributed by atoms with van der Waals surface area (Å²) in [4.78, 5) is 2.32. The molecule has 0 aliphatic rings. The number of ether oxygens (including phenoxy) is 2. The zero-order valence-electron chi connectivity index (χ0n) is 10.4. The SMILES string of the molecule is CCN(CCOC)CC(N)CCCOC. The van der Waals surface area contributed by atoms with Gasteiger partial charge in [-0.05, 0) is 19.4 Å². The average Bonchev–Trinajstić information content (AvgIpc) is 2.24. The van der Waals surface area contributed by atoms with E-state index in [1.807, 2.05) is 0 Å². The van der Waals surface area contributed by atoms with Crippen LogP contribution in [-0.4, -0.2) is 58.0 Å². The number of likely N-dealkylation sites (N-methyl/N-ethyl adjacent to an activating group) is 1. The summed E-state index contributed by atoms with van der Waals surface area (Å²) in [5.74, 6) is 0. The summed E-state index contributed by atoms with van der Waals surface area (Å²) in [6, 6.07) is 0.247. The molecule has 0 fully saturated rings. The molecule has 0 bridgehead atoms. The second kappa shape index (κ2) is 10.4. The van der Waals surface area contributed by atoms with Gasteiger partial charge in [0.05, 0.1) is 6.61 Å². The Morgan fingerprint density at radius 1 is 1.20 bits per heavy atom. The molecule has 0 aliphatic heterocycles. The predicted molar refractivity (Wildman–Crippen MR) is 63.1 cm³/mol. The molecule has 0 amide bonds. The number of hydrogen-bond donors (Lipinski definition) is 1. The molecule has 0 aliphatic carbocycles. The molecule has 0 heterocycles. The van der Waals surface area contributed by atoms with Crippen molar-refractivity contribution in [2.45, 2.75) is 25.8 Å². The van der Waals surface area contributed by atoms with Crippen LogP contribution in [0.4, 0.5) is 0 Å². The lowest BCUT2D eigenvalue weighted by Gasteiger charge is -2.23. The van der Waals surface area contributed by atoms with Gasteiger partial charge in [-0.2, -0.15) is 0 Å². The lowest BCUT2D eigenvalue weighted by Crippen LogP contribution is -2.39. The van der Waals surface area contributed by atoms with E-state index >= 15 is 0 Å². The Bertz CT molecular complexity index is 134. The number of rotatable bonds is 10. The maximum absolute atomic E-state index is 6.02. The van der Waals surface area contributed by atoms with Crippen LogP contribution in [0.15, 0.2) is 0 Å². The van der Waals surface area contributed by atoms with E-state index in [1.165, 1.54) is 0 Å². The molecule has 0 saturated carbocycles. The van der Waals surface area contributed by atoms with E-state index in [9.17, 15) is 0 Å². The summed E-state index contributed by atoms with van der Waals surface area (Å²) in [5.41, 5.74) is 6.02. The van der Waals surface area contributed by atoms with Crippen LogP contribution in [0.3, 0.4) is 0 Å². The first-order valence-corrected chi connectivity index (χ1v) is 5.70. The molecule has 0 aromatic rings. The predicted octanol–water partition coefficient (Wildman–Crippen LogP) is 0.709. The molecule has 0 aromatic heterocycles. The van der Waals surface area contributed by atoms with Crippen LogP contribution in [0.2, 0.25) is 0 Å². The summed E-state index contributed by atoms with van der Waals surface area (Å²) in [6.45, 7) is 6.67. The third-order valence-corrected chi connectivity index (χ3v) is 2.47. The van der Waals surface area contributed by atoms with E-state index in [2.05, 4.69) is 11.8 Å². The first kappa shape index (κ1) is 14.8. The summed E-state index contributed by atoms with van der Waals surface area (Å²) >= 11 is 0. The maximum atomic E-state index is 6.02. The molecule has 0 saturated heterocycles. The molecule has 92 valence electrons. The fourth-order valence-corrected chi connectivity index (χ4v) is 1.51. The highest BCUT2D eigenvalue weighted by Crippen LogP contribution is 1.98. The van der Waals surface area contributed by atoms with Crippen molar-refractivity contribution in [3.05, 3.63) is 0 Å². The molecule has 1 unspecified atom stereocenters. The van der Waals surface area contributed by atoms with Gasteiger partial charge in [-0.15, -0.1) is 0 Å². The van der Waals surface area contributed by atoms with Crippen LogP contribution in [-0.2, 0) is 9.47 Å². The highest BCUT2D eigenvalue weighted by atomic mass is 16.5. The lowest BCUT2D eigenvalue weighted by molar-refractivity contribution is 0.143. The zero-order valence-corrected chi connectivity index (χ0v) is 10.4. The number of hydrogen-bond acceptors (Lipinski definition) is 4. The molecular formula is C11H26N2O2. The number of nitrogens with zero attached hydrogens (tertiary/aromatic N) is 1. The first-order chi connectivity index (χ1) is 7.24. The second-order valence-corrected chi connectivity index (χ2v) is 3.78. The Balaban J connectivity index is 3.55. The van der Waals surface area contributed by atoms with Gasteiger partial charge in [-0.25, -0.2) is 0 Å². The van der Waals surface area contributed by atoms with E-state index in [-0.39, 0.29) is 6.04 Å².